The number of carbonyl (C=O) groups excluding carboxylic acids is 1. The molecule has 2 aromatic rings. The number of benzene rings is 2. The summed E-state index contributed by atoms with van der Waals surface area (Å²) < 4.78 is 12.8. The standard InChI is InChI=1S/C16H14FNOS/c1-12(11-20-15-9-7-13(17)8-10-15)16(19)18-14-5-3-2-4-6-14/h2-11H,1H3,(H,18,19)/b12-11+. The van der Waals surface area contributed by atoms with Crippen molar-refractivity contribution in [2.75, 3.05) is 5.32 Å². The minimum absolute atomic E-state index is 0.147. The second kappa shape index (κ2) is 6.91. The van der Waals surface area contributed by atoms with E-state index in [1.54, 1.807) is 24.5 Å². The average Bonchev–Trinajstić information content (AvgIpc) is 2.47. The van der Waals surface area contributed by atoms with Crippen molar-refractivity contribution < 1.29 is 9.18 Å². The van der Waals surface area contributed by atoms with Gasteiger partial charge in [-0.1, -0.05) is 30.0 Å². The van der Waals surface area contributed by atoms with Crippen LogP contribution in [0.5, 0.6) is 0 Å². The molecule has 2 nitrogen and oxygen atoms in total. The third kappa shape index (κ3) is 4.24. The molecule has 1 amide bonds. The van der Waals surface area contributed by atoms with Crippen LogP contribution >= 0.6 is 11.8 Å². The lowest BCUT2D eigenvalue weighted by Crippen LogP contribution is -2.12. The van der Waals surface area contributed by atoms with Crippen molar-refractivity contribution in [1.82, 2.24) is 0 Å². The molecule has 0 aliphatic rings. The number of nitrogens with one attached hydrogen (secondary N) is 1. The molecule has 0 aromatic heterocycles. The SMILES string of the molecule is C/C(=C\Sc1ccc(F)cc1)C(=O)Nc1ccccc1. The van der Waals surface area contributed by atoms with Gasteiger partial charge >= 0.3 is 0 Å². The van der Waals surface area contributed by atoms with Crippen LogP contribution in [0.15, 0.2) is 70.5 Å². The summed E-state index contributed by atoms with van der Waals surface area (Å²) in [6.07, 6.45) is 0. The summed E-state index contributed by atoms with van der Waals surface area (Å²) in [7, 11) is 0. The number of halogens is 1. The van der Waals surface area contributed by atoms with Crippen molar-refractivity contribution in [2.45, 2.75) is 11.8 Å². The molecule has 1 N–H and O–H groups in total. The number of carbonyl (C=O) groups is 1. The molecule has 20 heavy (non-hydrogen) atoms. The maximum absolute atomic E-state index is 12.8. The number of para-hydroxylation sites is 1. The van der Waals surface area contributed by atoms with Crippen molar-refractivity contribution in [3.8, 4) is 0 Å². The van der Waals surface area contributed by atoms with E-state index >= 15 is 0 Å². The Morgan fingerprint density at radius 2 is 1.75 bits per heavy atom. The van der Waals surface area contributed by atoms with Crippen molar-refractivity contribution in [2.24, 2.45) is 0 Å². The van der Waals surface area contributed by atoms with Gasteiger partial charge in [0.2, 0.25) is 0 Å². The predicted molar refractivity (Wildman–Crippen MR) is 81.1 cm³/mol. The number of hydrogen-bond acceptors (Lipinski definition) is 2. The zero-order valence-electron chi connectivity index (χ0n) is 11.0. The fraction of sp³-hybridized carbons (Fsp3) is 0.0625. The van der Waals surface area contributed by atoms with Crippen LogP contribution in [0.1, 0.15) is 6.92 Å². The molecule has 0 aliphatic carbocycles. The number of anilines is 1. The van der Waals surface area contributed by atoms with Gasteiger partial charge in [-0.15, -0.1) is 0 Å². The van der Waals surface area contributed by atoms with Gasteiger partial charge in [-0.2, -0.15) is 0 Å². The van der Waals surface area contributed by atoms with Crippen molar-refractivity contribution in [3.05, 3.63) is 71.4 Å². The first-order valence-corrected chi connectivity index (χ1v) is 6.98. The molecule has 0 atom stereocenters. The Balaban J connectivity index is 1.96. The van der Waals surface area contributed by atoms with Gasteiger partial charge in [0.15, 0.2) is 0 Å². The molecule has 2 aromatic carbocycles. The van der Waals surface area contributed by atoms with E-state index in [4.69, 9.17) is 0 Å². The number of rotatable bonds is 4. The molecule has 0 saturated carbocycles. The molecule has 0 fully saturated rings. The maximum Gasteiger partial charge on any atom is 0.251 e. The normalized spacial score (nSPS) is 11.2. The monoisotopic (exact) mass is 287 g/mol. The summed E-state index contributed by atoms with van der Waals surface area (Å²) in [6.45, 7) is 1.74. The van der Waals surface area contributed by atoms with E-state index < -0.39 is 0 Å². The minimum atomic E-state index is -0.267. The van der Waals surface area contributed by atoms with Gasteiger partial charge in [0.1, 0.15) is 5.82 Å². The molecule has 0 unspecified atom stereocenters. The largest absolute Gasteiger partial charge is 0.322 e. The molecule has 0 spiro atoms. The lowest BCUT2D eigenvalue weighted by atomic mass is 10.3. The Hall–Kier alpha value is -2.07. The van der Waals surface area contributed by atoms with Gasteiger partial charge in [0.05, 0.1) is 0 Å². The molecular formula is C16H14FNOS. The van der Waals surface area contributed by atoms with Gasteiger partial charge in [-0.3, -0.25) is 4.79 Å². The minimum Gasteiger partial charge on any atom is -0.322 e. The summed E-state index contributed by atoms with van der Waals surface area (Å²) in [6, 6.07) is 15.4. The zero-order valence-corrected chi connectivity index (χ0v) is 11.8. The maximum atomic E-state index is 12.8. The Kier molecular flexibility index (Phi) is 4.96. The topological polar surface area (TPSA) is 29.1 Å². The van der Waals surface area contributed by atoms with Crippen molar-refractivity contribution in [1.29, 1.82) is 0 Å². The quantitative estimate of drug-likeness (QED) is 0.664. The summed E-state index contributed by atoms with van der Waals surface area (Å²) in [5.41, 5.74) is 1.36. The number of thioether (sulfide) groups is 1. The Labute approximate surface area is 121 Å². The first kappa shape index (κ1) is 14.3. The van der Waals surface area contributed by atoms with Crippen LogP contribution in [0.4, 0.5) is 10.1 Å². The Morgan fingerprint density at radius 3 is 2.40 bits per heavy atom. The molecule has 0 heterocycles. The summed E-state index contributed by atoms with van der Waals surface area (Å²) in [5, 5.41) is 4.56. The molecule has 0 aliphatic heterocycles. The molecule has 0 saturated heterocycles. The van der Waals surface area contributed by atoms with E-state index in [9.17, 15) is 9.18 Å². The third-order valence-corrected chi connectivity index (χ3v) is 3.59. The lowest BCUT2D eigenvalue weighted by molar-refractivity contribution is -0.112. The van der Waals surface area contributed by atoms with E-state index in [0.717, 1.165) is 10.6 Å². The van der Waals surface area contributed by atoms with E-state index in [0.29, 0.717) is 5.57 Å². The van der Waals surface area contributed by atoms with Crippen LogP contribution in [0.2, 0.25) is 0 Å². The zero-order chi connectivity index (χ0) is 14.4. The fourth-order valence-corrected chi connectivity index (χ4v) is 2.19. The fourth-order valence-electron chi connectivity index (χ4n) is 1.47. The van der Waals surface area contributed by atoms with Gasteiger partial charge in [0, 0.05) is 16.2 Å². The summed E-state index contributed by atoms with van der Waals surface area (Å²) in [4.78, 5) is 12.8. The van der Waals surface area contributed by atoms with Gasteiger partial charge < -0.3 is 5.32 Å². The second-order valence-corrected chi connectivity index (χ2v) is 5.14. The second-order valence-electron chi connectivity index (χ2n) is 4.19. The first-order chi connectivity index (χ1) is 9.65. The predicted octanol–water partition coefficient (Wildman–Crippen LogP) is 4.46. The number of hydrogen-bond donors (Lipinski definition) is 1. The molecule has 4 heteroatoms. The Morgan fingerprint density at radius 1 is 1.10 bits per heavy atom. The highest BCUT2D eigenvalue weighted by Crippen LogP contribution is 2.21. The van der Waals surface area contributed by atoms with Crippen LogP contribution in [-0.4, -0.2) is 5.91 Å². The van der Waals surface area contributed by atoms with Gasteiger partial charge in [0.25, 0.3) is 5.91 Å². The van der Waals surface area contributed by atoms with E-state index in [-0.39, 0.29) is 11.7 Å². The van der Waals surface area contributed by atoms with E-state index in [1.807, 2.05) is 30.3 Å². The molecule has 2 rings (SSSR count). The first-order valence-electron chi connectivity index (χ1n) is 6.10. The highest BCUT2D eigenvalue weighted by Gasteiger charge is 2.04. The van der Waals surface area contributed by atoms with Crippen molar-refractivity contribution in [3.63, 3.8) is 0 Å². The Bertz CT molecular complexity index is 608. The van der Waals surface area contributed by atoms with Crippen LogP contribution in [0.25, 0.3) is 0 Å². The van der Waals surface area contributed by atoms with Crippen LogP contribution < -0.4 is 5.32 Å². The van der Waals surface area contributed by atoms with E-state index in [1.165, 1.54) is 23.9 Å². The van der Waals surface area contributed by atoms with Crippen LogP contribution in [-0.2, 0) is 4.79 Å². The smallest absolute Gasteiger partial charge is 0.251 e. The number of amides is 1. The molecule has 0 radical (unpaired) electrons. The third-order valence-electron chi connectivity index (χ3n) is 2.58. The van der Waals surface area contributed by atoms with Crippen LogP contribution in [0.3, 0.4) is 0 Å². The van der Waals surface area contributed by atoms with Gasteiger partial charge in [-0.05, 0) is 48.7 Å². The molecule has 102 valence electrons. The summed E-state index contributed by atoms with van der Waals surface area (Å²) >= 11 is 1.39. The van der Waals surface area contributed by atoms with E-state index in [2.05, 4.69) is 5.32 Å². The summed E-state index contributed by atoms with van der Waals surface area (Å²) in [5.74, 6) is -0.414. The average molecular weight is 287 g/mol. The molecule has 0 bridgehead atoms. The molecular weight excluding hydrogens is 273 g/mol. The van der Waals surface area contributed by atoms with Crippen LogP contribution in [0, 0.1) is 5.82 Å². The van der Waals surface area contributed by atoms with Crippen molar-refractivity contribution >= 4 is 23.4 Å². The highest BCUT2D eigenvalue weighted by atomic mass is 32.2. The van der Waals surface area contributed by atoms with Gasteiger partial charge in [-0.25, -0.2) is 4.39 Å². The highest BCUT2D eigenvalue weighted by molar-refractivity contribution is 8.02. The lowest BCUT2D eigenvalue weighted by Gasteiger charge is -2.05.